The minimum absolute atomic E-state index is 0.0869. The molecule has 3 rings (SSSR count). The average molecular weight is 341 g/mol. The number of nitro benzene ring substituents is 1. The molecule has 128 valence electrons. The summed E-state index contributed by atoms with van der Waals surface area (Å²) in [6.07, 6.45) is 0. The molecule has 8 nitrogen and oxygen atoms in total. The third-order valence-corrected chi connectivity index (χ3v) is 4.18. The van der Waals surface area contributed by atoms with Gasteiger partial charge in [0.25, 0.3) is 11.6 Å². The van der Waals surface area contributed by atoms with Crippen LogP contribution in [0.3, 0.4) is 0 Å². The van der Waals surface area contributed by atoms with Crippen LogP contribution in [-0.4, -0.2) is 24.0 Å². The number of nitrogens with zero attached hydrogens (tertiary/aromatic N) is 2. The maximum atomic E-state index is 12.9. The van der Waals surface area contributed by atoms with Gasteiger partial charge in [-0.15, -0.1) is 0 Å². The fourth-order valence-electron chi connectivity index (χ4n) is 2.72. The molecular formula is C17H15N3O5. The first kappa shape index (κ1) is 16.4. The van der Waals surface area contributed by atoms with Crippen molar-refractivity contribution in [2.75, 3.05) is 12.0 Å². The van der Waals surface area contributed by atoms with Gasteiger partial charge in [-0.1, -0.05) is 0 Å². The number of hydrogen-bond donors (Lipinski definition) is 1. The first-order chi connectivity index (χ1) is 11.9. The van der Waals surface area contributed by atoms with Crippen LogP contribution in [0.25, 0.3) is 0 Å². The lowest BCUT2D eigenvalue weighted by Crippen LogP contribution is -2.40. The summed E-state index contributed by atoms with van der Waals surface area (Å²) in [6, 6.07) is 11.5. The van der Waals surface area contributed by atoms with Gasteiger partial charge < -0.3 is 10.1 Å². The highest BCUT2D eigenvalue weighted by molar-refractivity contribution is 6.23. The molecule has 25 heavy (non-hydrogen) atoms. The second kappa shape index (κ2) is 5.90. The number of carbonyl (C=O) groups excluding carboxylic acids is 2. The summed E-state index contributed by atoms with van der Waals surface area (Å²) < 4.78 is 5.07. The van der Waals surface area contributed by atoms with Gasteiger partial charge in [-0.25, -0.2) is 9.69 Å². The molecule has 0 aromatic heterocycles. The summed E-state index contributed by atoms with van der Waals surface area (Å²) in [5.74, 6) is 0.144. The fraction of sp³-hybridized carbons (Fsp3) is 0.176. The summed E-state index contributed by atoms with van der Waals surface area (Å²) in [7, 11) is 1.52. The van der Waals surface area contributed by atoms with Crippen molar-refractivity contribution in [3.05, 3.63) is 64.2 Å². The van der Waals surface area contributed by atoms with Crippen LogP contribution in [0.1, 0.15) is 12.5 Å². The Hall–Kier alpha value is -3.42. The number of nitro groups is 1. The highest BCUT2D eigenvalue weighted by Crippen LogP contribution is 2.33. The molecule has 2 aromatic rings. The number of ether oxygens (including phenoxy) is 1. The normalized spacial score (nSPS) is 19.7. The van der Waals surface area contributed by atoms with Gasteiger partial charge in [0, 0.05) is 12.1 Å². The first-order valence-electron chi connectivity index (χ1n) is 7.42. The van der Waals surface area contributed by atoms with Crippen molar-refractivity contribution < 1.29 is 19.2 Å². The van der Waals surface area contributed by atoms with E-state index in [1.165, 1.54) is 31.4 Å². The van der Waals surface area contributed by atoms with Crippen LogP contribution in [0.2, 0.25) is 0 Å². The Kier molecular flexibility index (Phi) is 3.88. The van der Waals surface area contributed by atoms with Gasteiger partial charge in [0.1, 0.15) is 11.3 Å². The lowest BCUT2D eigenvalue weighted by Gasteiger charge is -2.22. The lowest BCUT2D eigenvalue weighted by molar-refractivity contribution is -0.384. The molecule has 1 atom stereocenters. The predicted octanol–water partition coefficient (Wildman–Crippen LogP) is 2.58. The number of nitrogens with one attached hydrogen (secondary N) is 1. The van der Waals surface area contributed by atoms with E-state index in [1.54, 1.807) is 31.2 Å². The van der Waals surface area contributed by atoms with E-state index in [4.69, 9.17) is 4.74 Å². The summed E-state index contributed by atoms with van der Waals surface area (Å²) in [5, 5.41) is 13.4. The number of hydrogen-bond acceptors (Lipinski definition) is 5. The molecule has 1 fully saturated rings. The van der Waals surface area contributed by atoms with Gasteiger partial charge in [0.15, 0.2) is 0 Å². The molecule has 0 radical (unpaired) electrons. The van der Waals surface area contributed by atoms with Crippen molar-refractivity contribution in [3.63, 3.8) is 0 Å². The predicted molar refractivity (Wildman–Crippen MR) is 89.5 cm³/mol. The zero-order valence-corrected chi connectivity index (χ0v) is 13.6. The first-order valence-corrected chi connectivity index (χ1v) is 7.42. The Labute approximate surface area is 143 Å². The number of urea groups is 1. The van der Waals surface area contributed by atoms with E-state index in [9.17, 15) is 19.7 Å². The van der Waals surface area contributed by atoms with Crippen molar-refractivity contribution in [2.45, 2.75) is 12.5 Å². The molecule has 8 heteroatoms. The third-order valence-electron chi connectivity index (χ3n) is 4.18. The van der Waals surface area contributed by atoms with Crippen LogP contribution in [0.5, 0.6) is 5.75 Å². The van der Waals surface area contributed by atoms with Crippen LogP contribution in [0.4, 0.5) is 16.2 Å². The van der Waals surface area contributed by atoms with E-state index < -0.39 is 22.4 Å². The quantitative estimate of drug-likeness (QED) is 0.523. The summed E-state index contributed by atoms with van der Waals surface area (Å²) in [5.41, 5.74) is -0.510. The van der Waals surface area contributed by atoms with Crippen LogP contribution in [0.15, 0.2) is 48.5 Å². The molecule has 0 spiro atoms. The molecule has 2 aromatic carbocycles. The van der Waals surface area contributed by atoms with E-state index in [1.807, 2.05) is 0 Å². The number of rotatable bonds is 4. The Morgan fingerprint density at radius 1 is 1.08 bits per heavy atom. The molecule has 1 aliphatic heterocycles. The Morgan fingerprint density at radius 2 is 1.68 bits per heavy atom. The second-order valence-electron chi connectivity index (χ2n) is 5.70. The monoisotopic (exact) mass is 341 g/mol. The molecule has 1 aliphatic rings. The summed E-state index contributed by atoms with van der Waals surface area (Å²) in [4.78, 5) is 36.5. The maximum absolute atomic E-state index is 12.9. The molecule has 1 saturated heterocycles. The molecule has 0 aliphatic carbocycles. The Morgan fingerprint density at radius 3 is 2.20 bits per heavy atom. The second-order valence-corrected chi connectivity index (χ2v) is 5.70. The lowest BCUT2D eigenvalue weighted by atomic mass is 9.92. The van der Waals surface area contributed by atoms with Gasteiger partial charge in [0.05, 0.1) is 17.7 Å². The van der Waals surface area contributed by atoms with Crippen LogP contribution < -0.4 is 15.0 Å². The number of carbonyl (C=O) groups is 2. The Balaban J connectivity index is 1.94. The van der Waals surface area contributed by atoms with Crippen LogP contribution >= 0.6 is 0 Å². The van der Waals surface area contributed by atoms with Gasteiger partial charge in [-0.3, -0.25) is 14.9 Å². The van der Waals surface area contributed by atoms with Crippen molar-refractivity contribution in [1.29, 1.82) is 0 Å². The number of non-ortho nitro benzene ring substituents is 1. The van der Waals surface area contributed by atoms with Crippen molar-refractivity contribution in [2.24, 2.45) is 0 Å². The van der Waals surface area contributed by atoms with Gasteiger partial charge in [-0.05, 0) is 48.9 Å². The van der Waals surface area contributed by atoms with E-state index >= 15 is 0 Å². The minimum atomic E-state index is -1.30. The largest absolute Gasteiger partial charge is 0.497 e. The zero-order chi connectivity index (χ0) is 18.2. The van der Waals surface area contributed by atoms with E-state index in [-0.39, 0.29) is 5.69 Å². The van der Waals surface area contributed by atoms with E-state index in [0.29, 0.717) is 17.0 Å². The van der Waals surface area contributed by atoms with Gasteiger partial charge >= 0.3 is 6.03 Å². The molecule has 0 bridgehead atoms. The summed E-state index contributed by atoms with van der Waals surface area (Å²) in [6.45, 7) is 1.57. The molecular weight excluding hydrogens is 326 g/mol. The number of anilines is 1. The number of methoxy groups -OCH3 is 1. The number of benzene rings is 2. The SMILES string of the molecule is COc1ccc(N2C(=O)NC(C)(c3ccc([N+](=O)[O-])cc3)C2=O)cc1. The third kappa shape index (κ3) is 2.67. The van der Waals surface area contributed by atoms with E-state index in [2.05, 4.69) is 5.32 Å². The van der Waals surface area contributed by atoms with Crippen molar-refractivity contribution >= 4 is 23.3 Å². The van der Waals surface area contributed by atoms with Gasteiger partial charge in [0.2, 0.25) is 0 Å². The highest BCUT2D eigenvalue weighted by Gasteiger charge is 2.49. The topological polar surface area (TPSA) is 102 Å². The molecule has 3 amide bonds. The smallest absolute Gasteiger partial charge is 0.329 e. The molecule has 1 N–H and O–H groups in total. The fourth-order valence-corrected chi connectivity index (χ4v) is 2.72. The number of imide groups is 1. The van der Waals surface area contributed by atoms with Crippen molar-refractivity contribution in [3.8, 4) is 5.75 Å². The standard InChI is InChI=1S/C17H15N3O5/c1-17(11-3-5-13(6-4-11)20(23)24)15(21)19(16(22)18-17)12-7-9-14(25-2)10-8-12/h3-10H,1-2H3,(H,18,22). The summed E-state index contributed by atoms with van der Waals surface area (Å²) >= 11 is 0. The van der Waals surface area contributed by atoms with E-state index in [0.717, 1.165) is 4.90 Å². The zero-order valence-electron chi connectivity index (χ0n) is 13.6. The molecule has 1 heterocycles. The maximum Gasteiger partial charge on any atom is 0.329 e. The van der Waals surface area contributed by atoms with Crippen molar-refractivity contribution in [1.82, 2.24) is 5.32 Å². The highest BCUT2D eigenvalue weighted by atomic mass is 16.6. The van der Waals surface area contributed by atoms with Crippen LogP contribution in [0, 0.1) is 10.1 Å². The minimum Gasteiger partial charge on any atom is -0.497 e. The molecule has 1 unspecified atom stereocenters. The van der Waals surface area contributed by atoms with Crippen LogP contribution in [-0.2, 0) is 10.3 Å². The van der Waals surface area contributed by atoms with Gasteiger partial charge in [-0.2, -0.15) is 0 Å². The average Bonchev–Trinajstić information content (AvgIpc) is 2.85. The Bertz CT molecular complexity index is 848. The number of amides is 3. The molecule has 0 saturated carbocycles.